The van der Waals surface area contributed by atoms with E-state index in [1.165, 1.54) is 0 Å². The normalized spacial score (nSPS) is 0.500. The first kappa shape index (κ1) is 24.1. The SMILES string of the molecule is C#N.[Fe].[Mn]. The van der Waals surface area contributed by atoms with Crippen molar-refractivity contribution in [3.05, 3.63) is 0 Å². The number of hydrogen-bond acceptors (Lipinski definition) is 1. The summed E-state index contributed by atoms with van der Waals surface area (Å²) in [6.45, 7) is 3.50. The van der Waals surface area contributed by atoms with E-state index in [-0.39, 0.29) is 34.1 Å². The van der Waals surface area contributed by atoms with Crippen molar-refractivity contribution < 1.29 is 34.1 Å². The third-order valence-electron chi connectivity index (χ3n) is 0. The molecule has 0 N–H and O–H groups in total. The van der Waals surface area contributed by atoms with E-state index in [9.17, 15) is 0 Å². The predicted molar refractivity (Wildman–Crippen MR) is 6.67 cm³/mol. The van der Waals surface area contributed by atoms with Gasteiger partial charge < -0.3 is 0 Å². The number of hydrogen-bond donors (Lipinski definition) is 0. The quantitative estimate of drug-likeness (QED) is 0.436. The van der Waals surface area contributed by atoms with E-state index in [2.05, 4.69) is 6.57 Å². The topological polar surface area (TPSA) is 23.8 Å². The van der Waals surface area contributed by atoms with Crippen molar-refractivity contribution >= 4 is 0 Å². The Hall–Kier alpha value is 0.529. The summed E-state index contributed by atoms with van der Waals surface area (Å²) < 4.78 is 0. The summed E-state index contributed by atoms with van der Waals surface area (Å²) in [7, 11) is 0. The zero-order valence-electron chi connectivity index (χ0n) is 1.76. The van der Waals surface area contributed by atoms with Crippen molar-refractivity contribution in [1.82, 2.24) is 0 Å². The van der Waals surface area contributed by atoms with Crippen LogP contribution in [0.5, 0.6) is 0 Å². The van der Waals surface area contributed by atoms with Gasteiger partial charge in [0.2, 0.25) is 0 Å². The van der Waals surface area contributed by atoms with Crippen LogP contribution in [-0.4, -0.2) is 0 Å². The second-order valence-corrected chi connectivity index (χ2v) is 0. The van der Waals surface area contributed by atoms with Gasteiger partial charge in [0.1, 0.15) is 0 Å². The molecule has 0 aromatic carbocycles. The number of nitrogens with zero attached hydrogens (tertiary/aromatic N) is 1. The van der Waals surface area contributed by atoms with Crippen LogP contribution >= 0.6 is 0 Å². The Labute approximate surface area is 46.3 Å². The van der Waals surface area contributed by atoms with Crippen molar-refractivity contribution in [2.24, 2.45) is 0 Å². The summed E-state index contributed by atoms with van der Waals surface area (Å²) >= 11 is 0. The first-order valence-electron chi connectivity index (χ1n) is 0.258. The predicted octanol–water partition coefficient (Wildman–Crippen LogP) is 0.135. The fourth-order valence-electron chi connectivity index (χ4n) is 0. The van der Waals surface area contributed by atoms with Gasteiger partial charge in [-0.15, -0.1) is 0 Å². The summed E-state index contributed by atoms with van der Waals surface area (Å²) in [4.78, 5) is 0. The average Bonchev–Trinajstić information content (AvgIpc) is 1.00. The molecule has 3 heteroatoms. The summed E-state index contributed by atoms with van der Waals surface area (Å²) in [5, 5.41) is 6.50. The average molecular weight is 138 g/mol. The van der Waals surface area contributed by atoms with E-state index in [0.29, 0.717) is 0 Å². The maximum Gasteiger partial charge on any atom is 0.0462 e. The molecule has 0 heterocycles. The van der Waals surface area contributed by atoms with Crippen LogP contribution < -0.4 is 0 Å². The van der Waals surface area contributed by atoms with Crippen LogP contribution in [0, 0.1) is 11.8 Å². The summed E-state index contributed by atoms with van der Waals surface area (Å²) in [6.07, 6.45) is 0. The van der Waals surface area contributed by atoms with Crippen LogP contribution in [0.25, 0.3) is 0 Å². The molecule has 0 aliphatic carbocycles. The van der Waals surface area contributed by atoms with E-state index < -0.39 is 0 Å². The fraction of sp³-hybridized carbons (Fsp3) is 0. The Bertz CT molecular complexity index is 12.8. The van der Waals surface area contributed by atoms with Gasteiger partial charge >= 0.3 is 0 Å². The monoisotopic (exact) mass is 138 g/mol. The third-order valence-corrected chi connectivity index (χ3v) is 0. The van der Waals surface area contributed by atoms with Crippen molar-refractivity contribution in [2.75, 3.05) is 0 Å². The van der Waals surface area contributed by atoms with E-state index >= 15 is 0 Å². The Morgan fingerprint density at radius 2 is 1.25 bits per heavy atom. The maximum atomic E-state index is 6.50. The molecule has 0 aliphatic rings. The number of rotatable bonds is 0. The molecule has 0 rings (SSSR count). The molecule has 0 unspecified atom stereocenters. The van der Waals surface area contributed by atoms with Crippen LogP contribution in [0.4, 0.5) is 0 Å². The molecule has 1 radical (unpaired) electrons. The fourth-order valence-corrected chi connectivity index (χ4v) is 0. The van der Waals surface area contributed by atoms with Crippen molar-refractivity contribution in [2.45, 2.75) is 0 Å². The van der Waals surface area contributed by atoms with Gasteiger partial charge in [0, 0.05) is 40.7 Å². The van der Waals surface area contributed by atoms with E-state index in [1.807, 2.05) is 0 Å². The minimum absolute atomic E-state index is 0. The van der Waals surface area contributed by atoms with Crippen LogP contribution in [0.15, 0.2) is 0 Å². The van der Waals surface area contributed by atoms with Gasteiger partial charge in [0.15, 0.2) is 0 Å². The summed E-state index contributed by atoms with van der Waals surface area (Å²) in [6, 6.07) is 0. The number of nitriles is 1. The van der Waals surface area contributed by atoms with Crippen LogP contribution in [0.2, 0.25) is 0 Å². The Balaban J connectivity index is -0.00000000500. The summed E-state index contributed by atoms with van der Waals surface area (Å²) in [5.41, 5.74) is 0. The summed E-state index contributed by atoms with van der Waals surface area (Å²) in [5.74, 6) is 0. The zero-order valence-corrected chi connectivity index (χ0v) is 4.04. The third kappa shape index (κ3) is 21.1. The molecular formula is CHFeMnN. The van der Waals surface area contributed by atoms with E-state index in [4.69, 9.17) is 5.26 Å². The minimum Gasteiger partial charge on any atom is -0.202 e. The van der Waals surface area contributed by atoms with E-state index in [0.717, 1.165) is 0 Å². The molecule has 4 heavy (non-hydrogen) atoms. The standard InChI is InChI=1S/CHN.Fe.Mn/c1-2;;/h1H;;. The van der Waals surface area contributed by atoms with Gasteiger partial charge in [-0.1, -0.05) is 0 Å². The second kappa shape index (κ2) is 80.7. The molecule has 1 nitrogen and oxygen atoms in total. The molecule has 0 amide bonds. The molecule has 0 aromatic rings. The first-order valence-corrected chi connectivity index (χ1v) is 0.258. The van der Waals surface area contributed by atoms with Crippen molar-refractivity contribution in [3.63, 3.8) is 0 Å². The van der Waals surface area contributed by atoms with Gasteiger partial charge in [-0.3, -0.25) is 0 Å². The first-order chi connectivity index (χ1) is 1.00. The molecule has 0 aliphatic heterocycles. The largest absolute Gasteiger partial charge is 0.202 e. The van der Waals surface area contributed by atoms with Gasteiger partial charge in [-0.25, -0.2) is 5.26 Å². The molecule has 0 saturated carbocycles. The Morgan fingerprint density at radius 1 is 1.25 bits per heavy atom. The Morgan fingerprint density at radius 3 is 1.25 bits per heavy atom. The molecule has 25 valence electrons. The minimum atomic E-state index is 0. The Kier molecular flexibility index (Phi) is 487. The van der Waals surface area contributed by atoms with Gasteiger partial charge in [-0.2, -0.15) is 0 Å². The van der Waals surface area contributed by atoms with Gasteiger partial charge in [-0.05, 0) is 0 Å². The van der Waals surface area contributed by atoms with Crippen LogP contribution in [0.1, 0.15) is 0 Å². The van der Waals surface area contributed by atoms with Gasteiger partial charge in [0.25, 0.3) is 0 Å². The van der Waals surface area contributed by atoms with E-state index in [1.54, 1.807) is 0 Å². The van der Waals surface area contributed by atoms with Crippen LogP contribution in [0.3, 0.4) is 0 Å². The maximum absolute atomic E-state index is 6.50. The smallest absolute Gasteiger partial charge is 0.0462 e. The molecular weight excluding hydrogens is 137 g/mol. The second-order valence-electron chi connectivity index (χ2n) is 0. The van der Waals surface area contributed by atoms with Crippen molar-refractivity contribution in [1.29, 1.82) is 5.26 Å². The molecule has 0 spiro atoms. The molecule has 0 fully saturated rings. The van der Waals surface area contributed by atoms with Crippen molar-refractivity contribution in [3.8, 4) is 6.57 Å². The molecule has 0 bridgehead atoms. The zero-order chi connectivity index (χ0) is 2.00. The molecule has 0 aromatic heterocycles. The van der Waals surface area contributed by atoms with Gasteiger partial charge in [0.05, 0.1) is 0 Å². The molecule has 0 atom stereocenters. The van der Waals surface area contributed by atoms with Crippen LogP contribution in [-0.2, 0) is 34.1 Å². The molecule has 0 saturated heterocycles.